The summed E-state index contributed by atoms with van der Waals surface area (Å²) in [7, 11) is 0. The molecular formula is C32H42N12O4. The van der Waals surface area contributed by atoms with E-state index in [1.807, 2.05) is 0 Å². The van der Waals surface area contributed by atoms with E-state index in [1.165, 1.54) is 6.92 Å². The number of ketones is 1. The van der Waals surface area contributed by atoms with E-state index in [4.69, 9.17) is 4.74 Å². The van der Waals surface area contributed by atoms with E-state index >= 15 is 0 Å². The van der Waals surface area contributed by atoms with Gasteiger partial charge in [0.05, 0.1) is 29.9 Å². The summed E-state index contributed by atoms with van der Waals surface area (Å²) in [6, 6.07) is 10.3. The predicted molar refractivity (Wildman–Crippen MR) is 186 cm³/mol. The molecule has 254 valence electrons. The number of aromatic nitrogens is 5. The third-order valence-electron chi connectivity index (χ3n) is 7.06. The first kappa shape index (κ1) is 35.4. The zero-order chi connectivity index (χ0) is 34.3. The Morgan fingerprint density at radius 2 is 1.62 bits per heavy atom. The summed E-state index contributed by atoms with van der Waals surface area (Å²) in [6.45, 7) is 14.3. The molecule has 0 radical (unpaired) electrons. The van der Waals surface area contributed by atoms with Gasteiger partial charge in [-0.1, -0.05) is 19.9 Å². The number of Topliss-reactive ketones (excluding diaryl/α,β-unsaturated/α-hetero) is 1. The quantitative estimate of drug-likeness (QED) is 0.0343. The molecule has 0 spiro atoms. The highest BCUT2D eigenvalue weighted by molar-refractivity contribution is 6.10. The minimum absolute atomic E-state index is 0.329. The van der Waals surface area contributed by atoms with E-state index in [1.54, 1.807) is 48.5 Å². The van der Waals surface area contributed by atoms with Crippen LogP contribution in [0.25, 0.3) is 11.0 Å². The SMILES string of the molecule is C=CCOCCNc1nc(NCCCN(CC)CC)nc(Nc2ccc(N=NC(C(C)=O)C(=O)Nc3ccc4[nH]c(=O)[nH]c4c3)cc2)n1. The van der Waals surface area contributed by atoms with Crippen LogP contribution in [-0.2, 0) is 14.3 Å². The number of azo groups is 1. The van der Waals surface area contributed by atoms with Crippen LogP contribution in [-0.4, -0.2) is 93.5 Å². The van der Waals surface area contributed by atoms with Gasteiger partial charge in [-0.25, -0.2) is 4.79 Å². The molecule has 0 fully saturated rings. The normalized spacial score (nSPS) is 11.9. The maximum atomic E-state index is 12.9. The first-order chi connectivity index (χ1) is 23.3. The molecule has 2 heterocycles. The highest BCUT2D eigenvalue weighted by Gasteiger charge is 2.23. The third-order valence-corrected chi connectivity index (χ3v) is 7.06. The molecule has 2 aromatic carbocycles. The van der Waals surface area contributed by atoms with Crippen LogP contribution in [0.1, 0.15) is 27.2 Å². The molecule has 1 atom stereocenters. The van der Waals surface area contributed by atoms with E-state index in [0.29, 0.717) is 72.2 Å². The summed E-state index contributed by atoms with van der Waals surface area (Å²) in [5, 5.41) is 20.4. The number of carbonyl (C=O) groups excluding carboxylic acids is 2. The van der Waals surface area contributed by atoms with Crippen LogP contribution < -0.4 is 27.0 Å². The Morgan fingerprint density at radius 1 is 0.958 bits per heavy atom. The van der Waals surface area contributed by atoms with E-state index in [2.05, 4.69) is 81.7 Å². The fourth-order valence-electron chi connectivity index (χ4n) is 4.54. The lowest BCUT2D eigenvalue weighted by Gasteiger charge is -2.17. The number of nitrogens with zero attached hydrogens (tertiary/aromatic N) is 6. The van der Waals surface area contributed by atoms with E-state index < -0.39 is 17.7 Å². The van der Waals surface area contributed by atoms with Gasteiger partial charge in [0.2, 0.25) is 23.9 Å². The Balaban J connectivity index is 1.40. The topological polar surface area (TPSA) is 207 Å². The summed E-state index contributed by atoms with van der Waals surface area (Å²) in [5.74, 6) is 0.0267. The fourth-order valence-corrected chi connectivity index (χ4v) is 4.54. The number of aromatic amines is 2. The van der Waals surface area contributed by atoms with Gasteiger partial charge in [-0.05, 0) is 75.4 Å². The van der Waals surface area contributed by atoms with Gasteiger partial charge in [-0.2, -0.15) is 25.2 Å². The number of hydrogen-bond acceptors (Lipinski definition) is 13. The lowest BCUT2D eigenvalue weighted by molar-refractivity contribution is -0.126. The number of H-pyrrole nitrogens is 2. The molecule has 1 unspecified atom stereocenters. The Labute approximate surface area is 277 Å². The second-order valence-corrected chi connectivity index (χ2v) is 10.6. The number of benzene rings is 2. The van der Waals surface area contributed by atoms with Crippen molar-refractivity contribution in [2.45, 2.75) is 33.2 Å². The molecule has 0 bridgehead atoms. The van der Waals surface area contributed by atoms with Gasteiger partial charge < -0.3 is 40.9 Å². The van der Waals surface area contributed by atoms with Gasteiger partial charge in [0, 0.05) is 24.5 Å². The van der Waals surface area contributed by atoms with Crippen molar-refractivity contribution in [1.82, 2.24) is 29.8 Å². The van der Waals surface area contributed by atoms with Crippen LogP contribution in [0.3, 0.4) is 0 Å². The van der Waals surface area contributed by atoms with Gasteiger partial charge in [-0.15, -0.1) is 6.58 Å². The minimum Gasteiger partial charge on any atom is -0.376 e. The van der Waals surface area contributed by atoms with Crippen molar-refractivity contribution in [2.75, 3.05) is 67.2 Å². The average Bonchev–Trinajstić information content (AvgIpc) is 3.44. The van der Waals surface area contributed by atoms with Crippen molar-refractivity contribution in [3.63, 3.8) is 0 Å². The second kappa shape index (κ2) is 18.0. The molecule has 0 aliphatic carbocycles. The van der Waals surface area contributed by atoms with Crippen molar-refractivity contribution < 1.29 is 14.3 Å². The standard InChI is InChI=1S/C32H42N12O4/c1-5-18-48-19-16-34-30-39-29(33-15-8-17-44(6-2)7-3)40-31(41-30)36-22-9-11-23(12-10-22)42-43-27(21(4)45)28(46)35-24-13-14-25-26(20-24)38-32(47)37-25/h5,9-14,20,27H,1,6-8,15-19H2,2-4H3,(H,35,46)(H2,37,38,47)(H3,33,34,36,39,40,41). The molecule has 0 aliphatic rings. The number of nitrogens with one attached hydrogen (secondary N) is 6. The van der Waals surface area contributed by atoms with E-state index in [9.17, 15) is 14.4 Å². The molecule has 6 N–H and O–H groups in total. The predicted octanol–water partition coefficient (Wildman–Crippen LogP) is 4.22. The lowest BCUT2D eigenvalue weighted by atomic mass is 10.2. The number of fused-ring (bicyclic) bond motifs is 1. The number of anilines is 5. The molecule has 0 aliphatic heterocycles. The maximum absolute atomic E-state index is 12.9. The number of rotatable bonds is 20. The van der Waals surface area contributed by atoms with E-state index in [0.717, 1.165) is 26.1 Å². The van der Waals surface area contributed by atoms with Crippen molar-refractivity contribution in [3.8, 4) is 0 Å². The largest absolute Gasteiger partial charge is 0.376 e. The first-order valence-corrected chi connectivity index (χ1v) is 15.7. The van der Waals surface area contributed by atoms with Crippen molar-refractivity contribution in [1.29, 1.82) is 0 Å². The van der Waals surface area contributed by atoms with Gasteiger partial charge >= 0.3 is 5.69 Å². The molecule has 16 nitrogen and oxygen atoms in total. The Morgan fingerprint density at radius 3 is 2.31 bits per heavy atom. The minimum atomic E-state index is -1.36. The molecule has 0 saturated carbocycles. The van der Waals surface area contributed by atoms with Crippen LogP contribution >= 0.6 is 0 Å². The number of carbonyl (C=O) groups is 2. The fraction of sp³-hybridized carbons (Fsp3) is 0.375. The van der Waals surface area contributed by atoms with Crippen LogP contribution in [0, 0.1) is 0 Å². The molecule has 4 rings (SSSR count). The smallest absolute Gasteiger partial charge is 0.323 e. The summed E-state index contributed by atoms with van der Waals surface area (Å²) in [5.41, 5.74) is 2.25. The average molecular weight is 659 g/mol. The maximum Gasteiger partial charge on any atom is 0.323 e. The summed E-state index contributed by atoms with van der Waals surface area (Å²) < 4.78 is 5.44. The number of amides is 1. The third kappa shape index (κ3) is 10.8. The molecule has 4 aromatic rings. The van der Waals surface area contributed by atoms with Crippen molar-refractivity contribution >= 4 is 57.6 Å². The molecular weight excluding hydrogens is 616 g/mol. The molecule has 1 amide bonds. The van der Waals surface area contributed by atoms with Gasteiger partial charge in [0.1, 0.15) is 0 Å². The number of hydrogen-bond donors (Lipinski definition) is 6. The highest BCUT2D eigenvalue weighted by atomic mass is 16.5. The summed E-state index contributed by atoms with van der Waals surface area (Å²) in [4.78, 5) is 57.8. The monoisotopic (exact) mass is 658 g/mol. The molecule has 16 heteroatoms. The molecule has 2 aromatic heterocycles. The van der Waals surface area contributed by atoms with Crippen molar-refractivity contribution in [3.05, 3.63) is 65.6 Å². The second-order valence-electron chi connectivity index (χ2n) is 10.6. The van der Waals surface area contributed by atoms with Crippen LogP contribution in [0.15, 0.2) is 70.1 Å². The summed E-state index contributed by atoms with van der Waals surface area (Å²) >= 11 is 0. The number of ether oxygens (including phenoxy) is 1. The zero-order valence-corrected chi connectivity index (χ0v) is 27.4. The van der Waals surface area contributed by atoms with Gasteiger partial charge in [0.15, 0.2) is 5.78 Å². The molecule has 0 saturated heterocycles. The highest BCUT2D eigenvalue weighted by Crippen LogP contribution is 2.21. The summed E-state index contributed by atoms with van der Waals surface area (Å²) in [6.07, 6.45) is 2.62. The van der Waals surface area contributed by atoms with Gasteiger partial charge in [-0.3, -0.25) is 9.59 Å². The lowest BCUT2D eigenvalue weighted by Crippen LogP contribution is -2.31. The van der Waals surface area contributed by atoms with Crippen LogP contribution in [0.4, 0.5) is 34.9 Å². The van der Waals surface area contributed by atoms with Gasteiger partial charge in [0.25, 0.3) is 5.91 Å². The number of imidazole rings is 1. The molecule has 48 heavy (non-hydrogen) atoms. The Hall–Kier alpha value is -5.48. The Bertz CT molecular complexity index is 1750. The zero-order valence-electron chi connectivity index (χ0n) is 27.4. The Kier molecular flexibility index (Phi) is 13.3. The van der Waals surface area contributed by atoms with E-state index in [-0.39, 0.29) is 5.69 Å². The first-order valence-electron chi connectivity index (χ1n) is 15.7. The van der Waals surface area contributed by atoms with Crippen LogP contribution in [0.2, 0.25) is 0 Å². The van der Waals surface area contributed by atoms with Crippen molar-refractivity contribution in [2.24, 2.45) is 10.2 Å². The van der Waals surface area contributed by atoms with Crippen LogP contribution in [0.5, 0.6) is 0 Å².